The highest BCUT2D eigenvalue weighted by Gasteiger charge is 2.30. The first-order valence-electron chi connectivity index (χ1n) is 9.07. The Morgan fingerprint density at radius 1 is 1.44 bits per heavy atom. The van der Waals surface area contributed by atoms with E-state index in [1.807, 2.05) is 36.0 Å². The number of anilines is 1. The van der Waals surface area contributed by atoms with Crippen LogP contribution in [-0.2, 0) is 4.79 Å². The molecular formula is C19H28N4OS. The minimum absolute atomic E-state index is 0.0869. The average molecular weight is 361 g/mol. The lowest BCUT2D eigenvalue weighted by Gasteiger charge is -2.39. The first-order chi connectivity index (χ1) is 12.0. The molecule has 0 saturated carbocycles. The number of hydrogen-bond donors (Lipinski definition) is 2. The number of guanidine groups is 1. The molecule has 3 rings (SSSR count). The van der Waals surface area contributed by atoms with E-state index < -0.39 is 0 Å². The number of hydrogen-bond acceptors (Lipinski definition) is 3. The Hall–Kier alpha value is -1.69. The second-order valence-electron chi connectivity index (χ2n) is 7.18. The van der Waals surface area contributed by atoms with Crippen LogP contribution < -0.4 is 10.6 Å². The molecule has 0 bridgehead atoms. The van der Waals surface area contributed by atoms with E-state index in [1.54, 1.807) is 0 Å². The second kappa shape index (κ2) is 7.68. The zero-order valence-electron chi connectivity index (χ0n) is 15.3. The van der Waals surface area contributed by atoms with Crippen molar-refractivity contribution in [1.82, 2.24) is 10.2 Å². The van der Waals surface area contributed by atoms with Crippen LogP contribution in [0.4, 0.5) is 5.69 Å². The maximum Gasteiger partial charge on any atom is 0.232 e. The molecule has 1 amide bonds. The quantitative estimate of drug-likeness (QED) is 0.640. The Morgan fingerprint density at radius 2 is 2.24 bits per heavy atom. The summed E-state index contributed by atoms with van der Waals surface area (Å²) in [5.74, 6) is 2.10. The van der Waals surface area contributed by atoms with Gasteiger partial charge in [-0.1, -0.05) is 18.2 Å². The van der Waals surface area contributed by atoms with Gasteiger partial charge in [-0.05, 0) is 38.8 Å². The van der Waals surface area contributed by atoms with Gasteiger partial charge in [-0.25, -0.2) is 0 Å². The fourth-order valence-electron chi connectivity index (χ4n) is 3.49. The third-order valence-electron chi connectivity index (χ3n) is 4.65. The molecule has 0 radical (unpaired) electrons. The molecule has 1 saturated heterocycles. The van der Waals surface area contributed by atoms with Crippen LogP contribution in [0.3, 0.4) is 0 Å². The van der Waals surface area contributed by atoms with E-state index in [1.165, 1.54) is 0 Å². The van der Waals surface area contributed by atoms with Crippen LogP contribution in [0.25, 0.3) is 0 Å². The summed E-state index contributed by atoms with van der Waals surface area (Å²) in [6.45, 7) is 10.2. The Balaban J connectivity index is 1.65. The number of nitrogens with zero attached hydrogens (tertiary/aromatic N) is 2. The van der Waals surface area contributed by atoms with Crippen LogP contribution in [0.2, 0.25) is 0 Å². The van der Waals surface area contributed by atoms with Gasteiger partial charge in [0, 0.05) is 42.4 Å². The standard InChI is InChI=1S/C19H28N4OS/c1-4-20-18(23-11-12-25-19(2,3)13-23)21-10-9-15-14-7-5-6-8-16(14)22-17(15)24/h5-8,15H,4,9-13H2,1-3H3,(H,20,21)(H,22,24). The summed E-state index contributed by atoms with van der Waals surface area (Å²) in [6, 6.07) is 7.96. The van der Waals surface area contributed by atoms with Gasteiger partial charge < -0.3 is 15.5 Å². The highest BCUT2D eigenvalue weighted by atomic mass is 32.2. The van der Waals surface area contributed by atoms with Crippen LogP contribution in [-0.4, -0.2) is 53.4 Å². The van der Waals surface area contributed by atoms with Gasteiger partial charge in [0.25, 0.3) is 0 Å². The van der Waals surface area contributed by atoms with Gasteiger partial charge in [-0.15, -0.1) is 0 Å². The number of benzene rings is 1. The average Bonchev–Trinajstić information content (AvgIpc) is 2.89. The minimum atomic E-state index is -0.0869. The fourth-order valence-corrected chi connectivity index (χ4v) is 4.60. The van der Waals surface area contributed by atoms with Crippen molar-refractivity contribution in [2.75, 3.05) is 37.2 Å². The summed E-state index contributed by atoms with van der Waals surface area (Å²) in [4.78, 5) is 19.4. The summed E-state index contributed by atoms with van der Waals surface area (Å²) in [5.41, 5.74) is 2.05. The van der Waals surface area contributed by atoms with Crippen LogP contribution >= 0.6 is 11.8 Å². The van der Waals surface area contributed by atoms with Crippen molar-refractivity contribution in [3.05, 3.63) is 29.8 Å². The third kappa shape index (κ3) is 4.29. The Kier molecular flexibility index (Phi) is 5.57. The lowest BCUT2D eigenvalue weighted by atomic mass is 9.97. The summed E-state index contributed by atoms with van der Waals surface area (Å²) in [7, 11) is 0. The van der Waals surface area contributed by atoms with Gasteiger partial charge in [-0.3, -0.25) is 9.79 Å². The monoisotopic (exact) mass is 360 g/mol. The molecule has 5 nitrogen and oxygen atoms in total. The molecule has 0 spiro atoms. The summed E-state index contributed by atoms with van der Waals surface area (Å²) < 4.78 is 0.249. The van der Waals surface area contributed by atoms with E-state index in [2.05, 4.69) is 36.3 Å². The van der Waals surface area contributed by atoms with Crippen molar-refractivity contribution in [2.45, 2.75) is 37.9 Å². The van der Waals surface area contributed by atoms with Crippen LogP contribution in [0.15, 0.2) is 29.3 Å². The first-order valence-corrected chi connectivity index (χ1v) is 10.1. The number of thioether (sulfide) groups is 1. The Bertz CT molecular complexity index is 659. The highest BCUT2D eigenvalue weighted by molar-refractivity contribution is 8.00. The normalized spacial score (nSPS) is 22.5. The lowest BCUT2D eigenvalue weighted by molar-refractivity contribution is -0.117. The molecule has 1 fully saturated rings. The van der Waals surface area contributed by atoms with Crippen molar-refractivity contribution >= 4 is 29.3 Å². The zero-order valence-corrected chi connectivity index (χ0v) is 16.2. The highest BCUT2D eigenvalue weighted by Crippen LogP contribution is 2.34. The maximum atomic E-state index is 12.2. The number of carbonyl (C=O) groups excluding carboxylic acids is 1. The van der Waals surface area contributed by atoms with E-state index in [9.17, 15) is 4.79 Å². The molecule has 1 atom stereocenters. The first kappa shape index (κ1) is 18.1. The van der Waals surface area contributed by atoms with Gasteiger partial charge in [0.15, 0.2) is 5.96 Å². The molecule has 2 aliphatic rings. The Morgan fingerprint density at radius 3 is 3.00 bits per heavy atom. The van der Waals surface area contributed by atoms with Crippen LogP contribution in [0.5, 0.6) is 0 Å². The number of aliphatic imine (C=N–C) groups is 1. The predicted octanol–water partition coefficient (Wildman–Crippen LogP) is 2.91. The summed E-state index contributed by atoms with van der Waals surface area (Å²) in [5, 5.41) is 6.38. The van der Waals surface area contributed by atoms with Crippen molar-refractivity contribution in [3.8, 4) is 0 Å². The number of nitrogens with one attached hydrogen (secondary N) is 2. The molecule has 0 aromatic heterocycles. The molecular weight excluding hydrogens is 332 g/mol. The molecule has 1 unspecified atom stereocenters. The van der Waals surface area contributed by atoms with E-state index in [0.717, 1.165) is 49.0 Å². The Labute approximate surface area is 154 Å². The van der Waals surface area contributed by atoms with Gasteiger partial charge >= 0.3 is 0 Å². The zero-order chi connectivity index (χ0) is 17.9. The van der Waals surface area contributed by atoms with Gasteiger partial charge in [-0.2, -0.15) is 11.8 Å². The largest absolute Gasteiger partial charge is 0.357 e. The molecule has 2 aliphatic heterocycles. The fraction of sp³-hybridized carbons (Fsp3) is 0.579. The van der Waals surface area contributed by atoms with E-state index in [0.29, 0.717) is 6.54 Å². The molecule has 1 aromatic carbocycles. The van der Waals surface area contributed by atoms with Gasteiger partial charge in [0.05, 0.1) is 5.92 Å². The van der Waals surface area contributed by atoms with Gasteiger partial charge in [0.2, 0.25) is 5.91 Å². The lowest BCUT2D eigenvalue weighted by Crippen LogP contribution is -2.51. The summed E-state index contributed by atoms with van der Waals surface area (Å²) >= 11 is 2.02. The van der Waals surface area contributed by atoms with Crippen LogP contribution in [0, 0.1) is 0 Å². The second-order valence-corrected chi connectivity index (χ2v) is 8.99. The summed E-state index contributed by atoms with van der Waals surface area (Å²) in [6.07, 6.45) is 0.740. The van der Waals surface area contributed by atoms with Crippen molar-refractivity contribution in [1.29, 1.82) is 0 Å². The van der Waals surface area contributed by atoms with E-state index in [4.69, 9.17) is 4.99 Å². The molecule has 6 heteroatoms. The van der Waals surface area contributed by atoms with Crippen molar-refractivity contribution < 1.29 is 4.79 Å². The van der Waals surface area contributed by atoms with Crippen LogP contribution in [0.1, 0.15) is 38.7 Å². The maximum absolute atomic E-state index is 12.2. The molecule has 0 aliphatic carbocycles. The van der Waals surface area contributed by atoms with Crippen molar-refractivity contribution in [2.24, 2.45) is 4.99 Å². The minimum Gasteiger partial charge on any atom is -0.357 e. The number of fused-ring (bicyclic) bond motifs is 1. The SMILES string of the molecule is CCNC(=NCCC1C(=O)Nc2ccccc21)N1CCSC(C)(C)C1. The van der Waals surface area contributed by atoms with Crippen molar-refractivity contribution in [3.63, 3.8) is 0 Å². The number of carbonyl (C=O) groups is 1. The number of rotatable bonds is 4. The topological polar surface area (TPSA) is 56.7 Å². The number of amides is 1. The number of para-hydroxylation sites is 1. The molecule has 2 N–H and O–H groups in total. The molecule has 136 valence electrons. The molecule has 2 heterocycles. The smallest absolute Gasteiger partial charge is 0.232 e. The van der Waals surface area contributed by atoms with Gasteiger partial charge in [0.1, 0.15) is 0 Å². The van der Waals surface area contributed by atoms with E-state index >= 15 is 0 Å². The third-order valence-corrected chi connectivity index (χ3v) is 5.95. The van der Waals surface area contributed by atoms with E-state index in [-0.39, 0.29) is 16.6 Å². The predicted molar refractivity (Wildman–Crippen MR) is 107 cm³/mol. The molecule has 25 heavy (non-hydrogen) atoms. The molecule has 1 aromatic rings.